The van der Waals surface area contributed by atoms with E-state index in [-0.39, 0.29) is 10.9 Å². The third-order valence-corrected chi connectivity index (χ3v) is 4.42. The fraction of sp³-hybridized carbons (Fsp3) is 0.250. The number of hydrogen-bond acceptors (Lipinski definition) is 3. The van der Waals surface area contributed by atoms with E-state index in [0.717, 1.165) is 0 Å². The molecule has 1 N–H and O–H groups in total. The molecule has 2 aromatic rings. The normalized spacial score (nSPS) is 14.6. The number of thiocarbonyl (C=S) groups is 1. The molecule has 0 atom stereocenters. The Morgan fingerprint density at radius 2 is 1.92 bits per heavy atom. The van der Waals surface area contributed by atoms with Gasteiger partial charge in [0.1, 0.15) is 5.82 Å². The molecule has 1 aromatic carbocycles. The summed E-state index contributed by atoms with van der Waals surface area (Å²) < 4.78 is 18.6. The first-order valence-corrected chi connectivity index (χ1v) is 8.17. The van der Waals surface area contributed by atoms with Gasteiger partial charge in [0.05, 0.1) is 11.3 Å². The molecular weight excluding hydrogens is 353 g/mol. The molecule has 1 aromatic heterocycles. The van der Waals surface area contributed by atoms with Crippen molar-refractivity contribution in [2.75, 3.05) is 31.5 Å². The Morgan fingerprint density at radius 3 is 2.54 bits per heavy atom. The van der Waals surface area contributed by atoms with E-state index in [0.29, 0.717) is 42.7 Å². The lowest BCUT2D eigenvalue weighted by atomic mass is 10.3. The van der Waals surface area contributed by atoms with Crippen molar-refractivity contribution in [3.8, 4) is 0 Å². The Labute approximate surface area is 149 Å². The third-order valence-electron chi connectivity index (χ3n) is 3.76. The molecule has 0 bridgehead atoms. The number of carbonyl (C=O) groups is 1. The van der Waals surface area contributed by atoms with Crippen LogP contribution >= 0.6 is 23.8 Å². The van der Waals surface area contributed by atoms with E-state index in [2.05, 4.69) is 5.32 Å². The molecule has 0 spiro atoms. The molecule has 5 nitrogen and oxygen atoms in total. The van der Waals surface area contributed by atoms with Crippen LogP contribution in [-0.4, -0.2) is 47.0 Å². The predicted octanol–water partition coefficient (Wildman–Crippen LogP) is 3.23. The van der Waals surface area contributed by atoms with Crippen molar-refractivity contribution in [2.45, 2.75) is 0 Å². The first-order valence-electron chi connectivity index (χ1n) is 7.38. The molecule has 3 rings (SSSR count). The quantitative estimate of drug-likeness (QED) is 0.826. The van der Waals surface area contributed by atoms with E-state index >= 15 is 0 Å². The molecule has 0 unspecified atom stereocenters. The lowest BCUT2D eigenvalue weighted by Gasteiger charge is -2.35. The van der Waals surface area contributed by atoms with Gasteiger partial charge >= 0.3 is 0 Å². The second-order valence-corrected chi connectivity index (χ2v) is 6.11. The first-order chi connectivity index (χ1) is 11.5. The molecule has 0 radical (unpaired) electrons. The molecule has 0 saturated carbocycles. The van der Waals surface area contributed by atoms with Gasteiger partial charge in [-0.15, -0.1) is 0 Å². The monoisotopic (exact) mass is 367 g/mol. The standard InChI is InChI=1S/C16H15ClFN3O2S/c17-12-4-3-11(10-13(12)18)19-16(24)21-7-5-20(6-8-21)15(22)14-2-1-9-23-14/h1-4,9-10H,5-8H2,(H,19,24). The molecule has 1 fully saturated rings. The molecule has 1 aliphatic rings. The van der Waals surface area contributed by atoms with Gasteiger partial charge in [-0.25, -0.2) is 4.39 Å². The summed E-state index contributed by atoms with van der Waals surface area (Å²) in [4.78, 5) is 15.9. The predicted molar refractivity (Wildman–Crippen MR) is 93.8 cm³/mol. The summed E-state index contributed by atoms with van der Waals surface area (Å²) in [7, 11) is 0. The Kier molecular flexibility index (Phi) is 5.01. The zero-order valence-electron chi connectivity index (χ0n) is 12.7. The number of hydrogen-bond donors (Lipinski definition) is 1. The van der Waals surface area contributed by atoms with Crippen LogP contribution < -0.4 is 5.32 Å². The van der Waals surface area contributed by atoms with Crippen molar-refractivity contribution in [3.63, 3.8) is 0 Å². The summed E-state index contributed by atoms with van der Waals surface area (Å²) in [5.74, 6) is -0.294. The van der Waals surface area contributed by atoms with Crippen LogP contribution in [0.4, 0.5) is 10.1 Å². The van der Waals surface area contributed by atoms with Crippen LogP contribution in [-0.2, 0) is 0 Å². The van der Waals surface area contributed by atoms with Crippen molar-refractivity contribution in [1.29, 1.82) is 0 Å². The van der Waals surface area contributed by atoms with Crippen LogP contribution in [0.25, 0.3) is 0 Å². The van der Waals surface area contributed by atoms with Crippen molar-refractivity contribution in [3.05, 3.63) is 53.2 Å². The molecule has 0 aliphatic carbocycles. The molecule has 1 aliphatic heterocycles. The van der Waals surface area contributed by atoms with E-state index in [1.54, 1.807) is 23.1 Å². The number of nitrogens with zero attached hydrogens (tertiary/aromatic N) is 2. The topological polar surface area (TPSA) is 48.7 Å². The van der Waals surface area contributed by atoms with Gasteiger partial charge in [0.15, 0.2) is 10.9 Å². The number of anilines is 1. The van der Waals surface area contributed by atoms with Crippen molar-refractivity contribution in [1.82, 2.24) is 9.80 Å². The van der Waals surface area contributed by atoms with E-state index < -0.39 is 5.82 Å². The number of furan rings is 1. The van der Waals surface area contributed by atoms with Gasteiger partial charge < -0.3 is 19.5 Å². The maximum atomic E-state index is 13.5. The van der Waals surface area contributed by atoms with Gasteiger partial charge in [0.25, 0.3) is 5.91 Å². The van der Waals surface area contributed by atoms with Gasteiger partial charge in [-0.1, -0.05) is 11.6 Å². The molecule has 2 heterocycles. The SMILES string of the molecule is O=C(c1ccco1)N1CCN(C(=S)Nc2ccc(Cl)c(F)c2)CC1. The highest BCUT2D eigenvalue weighted by Crippen LogP contribution is 2.19. The molecule has 1 saturated heterocycles. The highest BCUT2D eigenvalue weighted by atomic mass is 35.5. The van der Waals surface area contributed by atoms with Gasteiger partial charge in [0, 0.05) is 31.9 Å². The second-order valence-electron chi connectivity index (χ2n) is 5.32. The Hall–Kier alpha value is -2.12. The zero-order valence-corrected chi connectivity index (χ0v) is 14.2. The number of carbonyl (C=O) groups excluding carboxylic acids is 1. The number of amides is 1. The zero-order chi connectivity index (χ0) is 17.1. The summed E-state index contributed by atoms with van der Waals surface area (Å²) in [5, 5.41) is 3.54. The van der Waals surface area contributed by atoms with Crippen LogP contribution in [0.5, 0.6) is 0 Å². The fourth-order valence-corrected chi connectivity index (χ4v) is 2.86. The minimum Gasteiger partial charge on any atom is -0.459 e. The lowest BCUT2D eigenvalue weighted by molar-refractivity contribution is 0.0661. The number of nitrogens with one attached hydrogen (secondary N) is 1. The maximum absolute atomic E-state index is 13.5. The number of piperazine rings is 1. The van der Waals surface area contributed by atoms with Gasteiger partial charge in [-0.05, 0) is 42.5 Å². The third kappa shape index (κ3) is 3.68. The van der Waals surface area contributed by atoms with Crippen molar-refractivity contribution in [2.24, 2.45) is 0 Å². The summed E-state index contributed by atoms with van der Waals surface area (Å²) in [6.07, 6.45) is 1.48. The van der Waals surface area contributed by atoms with Crippen LogP contribution in [0, 0.1) is 5.82 Å². The highest BCUT2D eigenvalue weighted by Gasteiger charge is 2.24. The summed E-state index contributed by atoms with van der Waals surface area (Å²) in [6, 6.07) is 7.77. The van der Waals surface area contributed by atoms with Gasteiger partial charge in [-0.3, -0.25) is 4.79 Å². The summed E-state index contributed by atoms with van der Waals surface area (Å²) in [6.45, 7) is 2.26. The Bertz CT molecular complexity index is 746. The lowest BCUT2D eigenvalue weighted by Crippen LogP contribution is -2.51. The van der Waals surface area contributed by atoms with Gasteiger partial charge in [-0.2, -0.15) is 0 Å². The number of rotatable bonds is 2. The average Bonchev–Trinajstić information content (AvgIpc) is 3.12. The van der Waals surface area contributed by atoms with E-state index in [1.165, 1.54) is 18.4 Å². The fourth-order valence-electron chi connectivity index (χ4n) is 2.45. The minimum atomic E-state index is -0.502. The number of halogens is 2. The molecule has 1 amide bonds. The Morgan fingerprint density at radius 1 is 1.21 bits per heavy atom. The molecular formula is C16H15ClFN3O2S. The van der Waals surface area contributed by atoms with E-state index in [1.807, 2.05) is 4.90 Å². The van der Waals surface area contributed by atoms with E-state index in [4.69, 9.17) is 28.2 Å². The van der Waals surface area contributed by atoms with E-state index in [9.17, 15) is 9.18 Å². The molecule has 126 valence electrons. The van der Waals surface area contributed by atoms with Crippen LogP contribution in [0.1, 0.15) is 10.6 Å². The Balaban J connectivity index is 1.55. The minimum absolute atomic E-state index is 0.0662. The van der Waals surface area contributed by atoms with Gasteiger partial charge in [0.2, 0.25) is 0 Å². The maximum Gasteiger partial charge on any atom is 0.289 e. The van der Waals surface area contributed by atoms with Crippen LogP contribution in [0.2, 0.25) is 5.02 Å². The largest absolute Gasteiger partial charge is 0.459 e. The van der Waals surface area contributed by atoms with Crippen LogP contribution in [0.3, 0.4) is 0 Å². The number of benzene rings is 1. The van der Waals surface area contributed by atoms with Crippen LogP contribution in [0.15, 0.2) is 41.0 Å². The highest BCUT2D eigenvalue weighted by molar-refractivity contribution is 7.80. The summed E-state index contributed by atoms with van der Waals surface area (Å²) in [5.41, 5.74) is 0.538. The van der Waals surface area contributed by atoms with Crippen molar-refractivity contribution < 1.29 is 13.6 Å². The average molecular weight is 368 g/mol. The first kappa shape index (κ1) is 16.7. The molecule has 8 heteroatoms. The second kappa shape index (κ2) is 7.19. The smallest absolute Gasteiger partial charge is 0.289 e. The van der Waals surface area contributed by atoms with Crippen molar-refractivity contribution >= 4 is 40.5 Å². The molecule has 24 heavy (non-hydrogen) atoms. The summed E-state index contributed by atoms with van der Waals surface area (Å²) >= 11 is 11.0.